The zero-order valence-electron chi connectivity index (χ0n) is 12.1. The van der Waals surface area contributed by atoms with Crippen molar-refractivity contribution in [2.45, 2.75) is 0 Å². The second-order valence-electron chi connectivity index (χ2n) is 4.42. The molecular formula is C14H9F5NO4P. The molecule has 0 fully saturated rings. The summed E-state index contributed by atoms with van der Waals surface area (Å²) in [5.74, 6) is -13.5. The number of carbonyl (C=O) groups excluding carboxylic acids is 1. The van der Waals surface area contributed by atoms with E-state index in [1.807, 2.05) is 5.09 Å². The average molecular weight is 381 g/mol. The molecule has 0 bridgehead atoms. The van der Waals surface area contributed by atoms with Crippen LogP contribution < -0.4 is 14.1 Å². The van der Waals surface area contributed by atoms with Crippen LogP contribution in [0, 0.1) is 29.1 Å². The minimum Gasteiger partial charge on any atom is -0.405 e. The van der Waals surface area contributed by atoms with Gasteiger partial charge in [0, 0.05) is 0 Å². The van der Waals surface area contributed by atoms with Crippen LogP contribution in [0.1, 0.15) is 0 Å². The molecule has 0 aromatic heterocycles. The van der Waals surface area contributed by atoms with Crippen LogP contribution >= 0.6 is 7.75 Å². The molecule has 5 nitrogen and oxygen atoms in total. The fourth-order valence-corrected chi connectivity index (χ4v) is 2.90. The Labute approximate surface area is 138 Å². The summed E-state index contributed by atoms with van der Waals surface area (Å²) in [7, 11) is -4.71. The highest BCUT2D eigenvalue weighted by molar-refractivity contribution is 7.52. The molecule has 0 aliphatic heterocycles. The molecule has 134 valence electrons. The Kier molecular flexibility index (Phi) is 5.76. The molecule has 2 aromatic rings. The van der Waals surface area contributed by atoms with E-state index in [0.29, 0.717) is 0 Å². The highest BCUT2D eigenvalue weighted by atomic mass is 31.2. The van der Waals surface area contributed by atoms with Gasteiger partial charge in [-0.25, -0.2) is 17.7 Å². The zero-order chi connectivity index (χ0) is 18.6. The number of nitrogens with one attached hydrogen (secondary N) is 1. The molecular weight excluding hydrogens is 372 g/mol. The largest absolute Gasteiger partial charge is 0.513 e. The smallest absolute Gasteiger partial charge is 0.405 e. The van der Waals surface area contributed by atoms with Gasteiger partial charge in [-0.15, -0.1) is 0 Å². The Bertz CT molecular complexity index is 805. The highest BCUT2D eigenvalue weighted by Crippen LogP contribution is 2.46. The highest BCUT2D eigenvalue weighted by Gasteiger charge is 2.35. The van der Waals surface area contributed by atoms with Crippen LogP contribution in [0.3, 0.4) is 0 Å². The van der Waals surface area contributed by atoms with E-state index in [1.165, 1.54) is 24.3 Å². The van der Waals surface area contributed by atoms with Crippen molar-refractivity contribution in [2.24, 2.45) is 0 Å². The van der Waals surface area contributed by atoms with Crippen LogP contribution in [-0.4, -0.2) is 12.8 Å². The van der Waals surface area contributed by atoms with Crippen molar-refractivity contribution in [3.63, 3.8) is 0 Å². The number of hydrogen-bond donors (Lipinski definition) is 1. The lowest BCUT2D eigenvalue weighted by molar-refractivity contribution is -0.107. The maximum absolute atomic E-state index is 13.7. The molecule has 1 unspecified atom stereocenters. The van der Waals surface area contributed by atoms with Gasteiger partial charge < -0.3 is 13.8 Å². The first-order chi connectivity index (χ1) is 11.8. The molecule has 0 saturated heterocycles. The van der Waals surface area contributed by atoms with E-state index >= 15 is 0 Å². The maximum atomic E-state index is 13.7. The van der Waals surface area contributed by atoms with Gasteiger partial charge in [-0.1, -0.05) is 18.2 Å². The number of aldehydes is 1. The van der Waals surface area contributed by atoms with Crippen molar-refractivity contribution in [1.82, 2.24) is 5.09 Å². The molecule has 2 rings (SSSR count). The van der Waals surface area contributed by atoms with Crippen molar-refractivity contribution in [3.05, 3.63) is 59.4 Å². The Hall–Kier alpha value is -2.45. The minimum absolute atomic E-state index is 0.104. The van der Waals surface area contributed by atoms with Gasteiger partial charge in [0.1, 0.15) is 12.0 Å². The summed E-state index contributed by atoms with van der Waals surface area (Å²) >= 11 is 0. The quantitative estimate of drug-likeness (QED) is 0.260. The van der Waals surface area contributed by atoms with E-state index in [0.717, 1.165) is 0 Å². The number of rotatable bonds is 7. The predicted octanol–water partition coefficient (Wildman–Crippen LogP) is 3.74. The summed E-state index contributed by atoms with van der Waals surface area (Å²) < 4.78 is 88.7. The third-order valence-corrected chi connectivity index (χ3v) is 4.16. The molecule has 11 heteroatoms. The lowest BCUT2D eigenvalue weighted by atomic mass is 10.3. The van der Waals surface area contributed by atoms with E-state index in [2.05, 4.69) is 4.52 Å². The Morgan fingerprint density at radius 2 is 1.40 bits per heavy atom. The first-order valence-corrected chi connectivity index (χ1v) is 8.08. The number of halogens is 5. The third kappa shape index (κ3) is 4.15. The SMILES string of the molecule is O=CCNP(=O)(Oc1ccccc1)Oc1c(F)c(F)c(F)c(F)c1F. The van der Waals surface area contributed by atoms with Crippen molar-refractivity contribution in [1.29, 1.82) is 0 Å². The van der Waals surface area contributed by atoms with E-state index in [9.17, 15) is 31.3 Å². The monoisotopic (exact) mass is 381 g/mol. The van der Waals surface area contributed by atoms with Crippen LogP contribution in [0.25, 0.3) is 0 Å². The van der Waals surface area contributed by atoms with E-state index in [1.54, 1.807) is 6.07 Å². The summed E-state index contributed by atoms with van der Waals surface area (Å²) in [5.41, 5.74) is 0. The van der Waals surface area contributed by atoms with E-state index in [4.69, 9.17) is 4.52 Å². The lowest BCUT2D eigenvalue weighted by Crippen LogP contribution is -2.21. The van der Waals surface area contributed by atoms with Crippen LogP contribution in [0.15, 0.2) is 30.3 Å². The fourth-order valence-electron chi connectivity index (χ4n) is 1.64. The lowest BCUT2D eigenvalue weighted by Gasteiger charge is -2.20. The van der Waals surface area contributed by atoms with E-state index in [-0.39, 0.29) is 12.0 Å². The van der Waals surface area contributed by atoms with Crippen LogP contribution in [0.2, 0.25) is 0 Å². The zero-order valence-corrected chi connectivity index (χ0v) is 13.0. The number of carbonyl (C=O) groups is 1. The summed E-state index contributed by atoms with van der Waals surface area (Å²) in [5, 5.41) is 1.92. The molecule has 0 aliphatic rings. The molecule has 0 heterocycles. The molecule has 0 spiro atoms. The second kappa shape index (κ2) is 7.62. The molecule has 1 atom stereocenters. The van der Waals surface area contributed by atoms with Gasteiger partial charge in [0.15, 0.2) is 0 Å². The van der Waals surface area contributed by atoms with Gasteiger partial charge >= 0.3 is 7.75 Å². The van der Waals surface area contributed by atoms with Crippen LogP contribution in [0.4, 0.5) is 22.0 Å². The van der Waals surface area contributed by atoms with Gasteiger partial charge in [0.05, 0.1) is 6.54 Å². The second-order valence-corrected chi connectivity index (χ2v) is 6.10. The van der Waals surface area contributed by atoms with Gasteiger partial charge in [-0.2, -0.15) is 13.9 Å². The minimum atomic E-state index is -4.71. The summed E-state index contributed by atoms with van der Waals surface area (Å²) in [6.45, 7) is -0.639. The van der Waals surface area contributed by atoms with Crippen molar-refractivity contribution in [2.75, 3.05) is 6.54 Å². The standard InChI is InChI=1S/C14H9F5NO4P/c15-9-10(16)12(18)14(13(19)11(9)17)24-25(22,20-6-7-21)23-8-4-2-1-3-5-8/h1-5,7H,6H2,(H,20,22). The Morgan fingerprint density at radius 1 is 0.880 bits per heavy atom. The van der Waals surface area contributed by atoms with Crippen LogP contribution in [0.5, 0.6) is 11.5 Å². The summed E-state index contributed by atoms with van der Waals surface area (Å²) in [6, 6.07) is 7.06. The number of benzene rings is 2. The summed E-state index contributed by atoms with van der Waals surface area (Å²) in [4.78, 5) is 10.4. The van der Waals surface area contributed by atoms with Crippen LogP contribution in [-0.2, 0) is 9.36 Å². The third-order valence-electron chi connectivity index (χ3n) is 2.72. The predicted molar refractivity (Wildman–Crippen MR) is 75.6 cm³/mol. The van der Waals surface area contributed by atoms with Crippen molar-refractivity contribution < 1.29 is 40.4 Å². The first-order valence-electron chi connectivity index (χ1n) is 6.53. The van der Waals surface area contributed by atoms with Gasteiger partial charge in [-0.3, -0.25) is 0 Å². The molecule has 0 radical (unpaired) electrons. The Balaban J connectivity index is 2.44. The molecule has 0 amide bonds. The molecule has 2 aromatic carbocycles. The molecule has 25 heavy (non-hydrogen) atoms. The topological polar surface area (TPSA) is 64.6 Å². The average Bonchev–Trinajstić information content (AvgIpc) is 2.61. The Morgan fingerprint density at radius 3 is 1.92 bits per heavy atom. The number of para-hydroxylation sites is 1. The maximum Gasteiger partial charge on any atom is 0.513 e. The number of hydrogen-bond acceptors (Lipinski definition) is 4. The molecule has 0 saturated carbocycles. The van der Waals surface area contributed by atoms with Crippen molar-refractivity contribution >= 4 is 14.0 Å². The van der Waals surface area contributed by atoms with E-state index < -0.39 is 49.1 Å². The first kappa shape index (κ1) is 18.9. The fraction of sp³-hybridized carbons (Fsp3) is 0.0714. The van der Waals surface area contributed by atoms with Crippen molar-refractivity contribution in [3.8, 4) is 11.5 Å². The van der Waals surface area contributed by atoms with Gasteiger partial charge in [0.25, 0.3) is 0 Å². The summed E-state index contributed by atoms with van der Waals surface area (Å²) in [6.07, 6.45) is 0.225. The van der Waals surface area contributed by atoms with Gasteiger partial charge in [-0.05, 0) is 12.1 Å². The molecule has 1 N–H and O–H groups in total. The normalized spacial score (nSPS) is 13.2. The van der Waals surface area contributed by atoms with Gasteiger partial charge in [0.2, 0.25) is 34.8 Å². The molecule has 0 aliphatic carbocycles.